The molecular formula is C13H23NO4S. The van der Waals surface area contributed by atoms with Gasteiger partial charge in [-0.25, -0.2) is 13.1 Å². The fourth-order valence-electron chi connectivity index (χ4n) is 3.28. The Morgan fingerprint density at radius 3 is 2.37 bits per heavy atom. The molecule has 2 rings (SSSR count). The topological polar surface area (TPSA) is 83.5 Å². The Kier molecular flexibility index (Phi) is 4.84. The van der Waals surface area contributed by atoms with E-state index in [0.29, 0.717) is 19.3 Å². The lowest BCUT2D eigenvalue weighted by atomic mass is 9.91. The summed E-state index contributed by atoms with van der Waals surface area (Å²) in [7, 11) is -3.26. The zero-order chi connectivity index (χ0) is 13.9. The molecule has 0 aromatic heterocycles. The summed E-state index contributed by atoms with van der Waals surface area (Å²) in [4.78, 5) is 10.9. The van der Waals surface area contributed by atoms with Gasteiger partial charge in [0, 0.05) is 6.04 Å². The summed E-state index contributed by atoms with van der Waals surface area (Å²) in [5.41, 5.74) is 0. The van der Waals surface area contributed by atoms with Crippen LogP contribution in [0.2, 0.25) is 0 Å². The first-order valence-electron chi connectivity index (χ1n) is 7.19. The first kappa shape index (κ1) is 14.8. The van der Waals surface area contributed by atoms with Gasteiger partial charge in [0.2, 0.25) is 10.0 Å². The molecule has 2 N–H and O–H groups in total. The van der Waals surface area contributed by atoms with Crippen molar-refractivity contribution in [1.29, 1.82) is 0 Å². The molecule has 0 heterocycles. The molecule has 0 amide bonds. The monoisotopic (exact) mass is 289 g/mol. The van der Waals surface area contributed by atoms with E-state index >= 15 is 0 Å². The van der Waals surface area contributed by atoms with Crippen LogP contribution in [-0.4, -0.2) is 31.3 Å². The predicted molar refractivity (Wildman–Crippen MR) is 72.3 cm³/mol. The van der Waals surface area contributed by atoms with Crippen molar-refractivity contribution in [3.8, 4) is 0 Å². The maximum atomic E-state index is 12.1. The van der Waals surface area contributed by atoms with E-state index < -0.39 is 16.0 Å². The van der Waals surface area contributed by atoms with Crippen LogP contribution in [0.25, 0.3) is 0 Å². The van der Waals surface area contributed by atoms with Gasteiger partial charge in [-0.2, -0.15) is 0 Å². The quantitative estimate of drug-likeness (QED) is 0.807. The summed E-state index contributed by atoms with van der Waals surface area (Å²) in [6.07, 6.45) is 7.13. The minimum Gasteiger partial charge on any atom is -0.481 e. The van der Waals surface area contributed by atoms with Gasteiger partial charge in [0.05, 0.1) is 11.7 Å². The number of aliphatic carboxylic acids is 1. The molecule has 0 bridgehead atoms. The Morgan fingerprint density at radius 1 is 1.11 bits per heavy atom. The van der Waals surface area contributed by atoms with Crippen LogP contribution in [0.1, 0.15) is 51.4 Å². The number of carboxylic acids is 1. The smallest absolute Gasteiger partial charge is 0.306 e. The highest BCUT2D eigenvalue weighted by molar-refractivity contribution is 7.89. The maximum Gasteiger partial charge on any atom is 0.306 e. The van der Waals surface area contributed by atoms with Crippen LogP contribution >= 0.6 is 0 Å². The second-order valence-electron chi connectivity index (χ2n) is 5.95. The van der Waals surface area contributed by atoms with Gasteiger partial charge in [0.15, 0.2) is 0 Å². The van der Waals surface area contributed by atoms with Crippen molar-refractivity contribution in [3.05, 3.63) is 0 Å². The summed E-state index contributed by atoms with van der Waals surface area (Å²) in [6.45, 7) is 0. The minimum absolute atomic E-state index is 0.185. The van der Waals surface area contributed by atoms with Crippen molar-refractivity contribution in [2.75, 3.05) is 5.75 Å². The molecule has 2 saturated carbocycles. The van der Waals surface area contributed by atoms with Gasteiger partial charge in [-0.1, -0.05) is 19.3 Å². The average Bonchev–Trinajstić information content (AvgIpc) is 2.77. The standard InChI is InChI=1S/C13H23NO4S/c15-13(16)11-6-7-12(8-11)14-19(17,18)9-10-4-2-1-3-5-10/h10-12,14H,1-9H2,(H,15,16)/t11-,12+/m1/s1. The third-order valence-corrected chi connectivity index (χ3v) is 5.91. The van der Waals surface area contributed by atoms with Crippen molar-refractivity contribution in [2.24, 2.45) is 11.8 Å². The van der Waals surface area contributed by atoms with Crippen LogP contribution in [0.3, 0.4) is 0 Å². The second-order valence-corrected chi connectivity index (χ2v) is 7.75. The van der Waals surface area contributed by atoms with Crippen molar-refractivity contribution < 1.29 is 18.3 Å². The van der Waals surface area contributed by atoms with Crippen molar-refractivity contribution in [1.82, 2.24) is 4.72 Å². The van der Waals surface area contributed by atoms with E-state index in [4.69, 9.17) is 5.11 Å². The normalized spacial score (nSPS) is 29.5. The van der Waals surface area contributed by atoms with Gasteiger partial charge in [-0.3, -0.25) is 4.79 Å². The second kappa shape index (κ2) is 6.22. The Hall–Kier alpha value is -0.620. The molecular weight excluding hydrogens is 266 g/mol. The summed E-state index contributed by atoms with van der Waals surface area (Å²) >= 11 is 0. The first-order chi connectivity index (χ1) is 8.96. The van der Waals surface area contributed by atoms with E-state index in [9.17, 15) is 13.2 Å². The van der Waals surface area contributed by atoms with E-state index in [1.807, 2.05) is 0 Å². The number of nitrogens with one attached hydrogen (secondary N) is 1. The fourth-order valence-corrected chi connectivity index (χ4v) is 5.05. The lowest BCUT2D eigenvalue weighted by Crippen LogP contribution is -2.37. The van der Waals surface area contributed by atoms with E-state index in [2.05, 4.69) is 4.72 Å². The summed E-state index contributed by atoms with van der Waals surface area (Å²) in [5.74, 6) is -0.708. The Bertz CT molecular complexity index is 414. The molecule has 2 fully saturated rings. The molecule has 0 aliphatic heterocycles. The van der Waals surface area contributed by atoms with Crippen LogP contribution < -0.4 is 4.72 Å². The highest BCUT2D eigenvalue weighted by Gasteiger charge is 2.32. The largest absolute Gasteiger partial charge is 0.481 e. The molecule has 0 aromatic rings. The van der Waals surface area contributed by atoms with Gasteiger partial charge in [0.1, 0.15) is 0 Å². The first-order valence-corrected chi connectivity index (χ1v) is 8.84. The van der Waals surface area contributed by atoms with E-state index in [1.165, 1.54) is 6.42 Å². The molecule has 110 valence electrons. The highest BCUT2D eigenvalue weighted by atomic mass is 32.2. The molecule has 2 aliphatic rings. The number of sulfonamides is 1. The van der Waals surface area contributed by atoms with E-state index in [-0.39, 0.29) is 23.6 Å². The molecule has 2 atom stereocenters. The molecule has 0 aromatic carbocycles. The Morgan fingerprint density at radius 2 is 1.79 bits per heavy atom. The third-order valence-electron chi connectivity index (χ3n) is 4.31. The molecule has 6 heteroatoms. The van der Waals surface area contributed by atoms with Crippen molar-refractivity contribution >= 4 is 16.0 Å². The summed E-state index contributed by atoms with van der Waals surface area (Å²) in [5, 5.41) is 8.91. The number of hydrogen-bond acceptors (Lipinski definition) is 3. The fraction of sp³-hybridized carbons (Fsp3) is 0.923. The molecule has 19 heavy (non-hydrogen) atoms. The Balaban J connectivity index is 1.82. The maximum absolute atomic E-state index is 12.1. The summed E-state index contributed by atoms with van der Waals surface area (Å²) < 4.78 is 26.8. The van der Waals surface area contributed by atoms with Gasteiger partial charge < -0.3 is 5.11 Å². The van der Waals surface area contributed by atoms with Gasteiger partial charge in [-0.15, -0.1) is 0 Å². The van der Waals surface area contributed by atoms with Gasteiger partial charge in [0.25, 0.3) is 0 Å². The highest BCUT2D eigenvalue weighted by Crippen LogP contribution is 2.28. The zero-order valence-corrected chi connectivity index (χ0v) is 12.0. The molecule has 0 unspecified atom stereocenters. The van der Waals surface area contributed by atoms with Crippen LogP contribution in [0, 0.1) is 11.8 Å². The van der Waals surface area contributed by atoms with Crippen LogP contribution in [0.15, 0.2) is 0 Å². The SMILES string of the molecule is O=C(O)[C@@H]1CC[C@H](NS(=O)(=O)CC2CCCCC2)C1. The van der Waals surface area contributed by atoms with Gasteiger partial charge >= 0.3 is 5.97 Å². The number of carboxylic acid groups (broad SMARTS) is 1. The van der Waals surface area contributed by atoms with Crippen LogP contribution in [0.4, 0.5) is 0 Å². The molecule has 5 nitrogen and oxygen atoms in total. The van der Waals surface area contributed by atoms with Crippen molar-refractivity contribution in [2.45, 2.75) is 57.4 Å². The predicted octanol–water partition coefficient (Wildman–Crippen LogP) is 1.74. The third kappa shape index (κ3) is 4.45. The van der Waals surface area contributed by atoms with E-state index in [0.717, 1.165) is 25.7 Å². The molecule has 0 saturated heterocycles. The number of hydrogen-bond donors (Lipinski definition) is 2. The lowest BCUT2D eigenvalue weighted by molar-refractivity contribution is -0.141. The summed E-state index contributed by atoms with van der Waals surface area (Å²) in [6, 6.07) is -0.185. The average molecular weight is 289 g/mol. The van der Waals surface area contributed by atoms with Crippen molar-refractivity contribution in [3.63, 3.8) is 0 Å². The molecule has 0 spiro atoms. The number of rotatable bonds is 5. The van der Waals surface area contributed by atoms with E-state index in [1.54, 1.807) is 0 Å². The number of carbonyl (C=O) groups is 1. The minimum atomic E-state index is -3.26. The molecule has 2 aliphatic carbocycles. The lowest BCUT2D eigenvalue weighted by Gasteiger charge is -2.22. The zero-order valence-electron chi connectivity index (χ0n) is 11.2. The Labute approximate surface area is 114 Å². The molecule has 0 radical (unpaired) electrons. The van der Waals surface area contributed by atoms with Crippen LogP contribution in [0.5, 0.6) is 0 Å². The van der Waals surface area contributed by atoms with Crippen LogP contribution in [-0.2, 0) is 14.8 Å². The van der Waals surface area contributed by atoms with Gasteiger partial charge in [-0.05, 0) is 38.0 Å².